The molecule has 140 valence electrons. The van der Waals surface area contributed by atoms with Crippen LogP contribution in [0.1, 0.15) is 16.1 Å². The van der Waals surface area contributed by atoms with Gasteiger partial charge in [0.25, 0.3) is 5.91 Å². The van der Waals surface area contributed by atoms with Crippen LogP contribution in [0.15, 0.2) is 50.4 Å². The van der Waals surface area contributed by atoms with Gasteiger partial charge in [-0.25, -0.2) is 8.42 Å². The molecule has 1 aliphatic heterocycles. The lowest BCUT2D eigenvalue weighted by molar-refractivity contribution is 0.0730. The maximum absolute atomic E-state index is 12.6. The van der Waals surface area contributed by atoms with Gasteiger partial charge in [-0.3, -0.25) is 4.79 Å². The molecule has 26 heavy (non-hydrogen) atoms. The minimum Gasteiger partial charge on any atom is -0.444 e. The number of hydrogen-bond acceptors (Lipinski definition) is 5. The number of hydrogen-bond donors (Lipinski definition) is 1. The number of carbonyl (C=O) groups is 1. The first-order valence-electron chi connectivity index (χ1n) is 8.17. The van der Waals surface area contributed by atoms with Crippen molar-refractivity contribution in [2.75, 3.05) is 32.8 Å². The van der Waals surface area contributed by atoms with E-state index in [1.165, 1.54) is 4.31 Å². The summed E-state index contributed by atoms with van der Waals surface area (Å²) < 4.78 is 37.4. The van der Waals surface area contributed by atoms with Crippen molar-refractivity contribution < 1.29 is 22.4 Å². The lowest BCUT2D eigenvalue weighted by Crippen LogP contribution is -2.40. The second-order valence-electron chi connectivity index (χ2n) is 5.77. The van der Waals surface area contributed by atoms with Crippen LogP contribution >= 0.6 is 15.9 Å². The Morgan fingerprint density at radius 2 is 1.81 bits per heavy atom. The third-order valence-electron chi connectivity index (χ3n) is 4.03. The Labute approximate surface area is 160 Å². The van der Waals surface area contributed by atoms with Gasteiger partial charge in [-0.15, -0.1) is 0 Å². The summed E-state index contributed by atoms with van der Waals surface area (Å²) >= 11 is 3.15. The quantitative estimate of drug-likeness (QED) is 0.738. The summed E-state index contributed by atoms with van der Waals surface area (Å²) in [5.41, 5.74) is 0.937. The Hall–Kier alpha value is -1.68. The van der Waals surface area contributed by atoms with E-state index in [4.69, 9.17) is 9.15 Å². The van der Waals surface area contributed by atoms with E-state index in [2.05, 4.69) is 21.2 Å². The van der Waals surface area contributed by atoms with Crippen molar-refractivity contribution in [3.63, 3.8) is 0 Å². The largest absolute Gasteiger partial charge is 0.444 e. The molecular formula is C17H19BrN2O5S. The number of ether oxygens (including phenoxy) is 1. The first kappa shape index (κ1) is 19.1. The fraction of sp³-hybridized carbons (Fsp3) is 0.353. The zero-order valence-corrected chi connectivity index (χ0v) is 16.4. The number of amides is 1. The van der Waals surface area contributed by atoms with Crippen LogP contribution in [0.2, 0.25) is 0 Å². The van der Waals surface area contributed by atoms with Gasteiger partial charge in [0.15, 0.2) is 10.4 Å². The molecular weight excluding hydrogens is 424 g/mol. The molecule has 0 atom stereocenters. The highest BCUT2D eigenvalue weighted by Gasteiger charge is 2.26. The van der Waals surface area contributed by atoms with Gasteiger partial charge in [-0.05, 0) is 52.2 Å². The summed E-state index contributed by atoms with van der Waals surface area (Å²) in [5, 5.41) is 2.76. The third kappa shape index (κ3) is 4.53. The molecule has 2 heterocycles. The van der Waals surface area contributed by atoms with Crippen LogP contribution in [0.5, 0.6) is 0 Å². The molecule has 1 N–H and O–H groups in total. The smallest absolute Gasteiger partial charge is 0.287 e. The van der Waals surface area contributed by atoms with Crippen LogP contribution in [0, 0.1) is 0 Å². The monoisotopic (exact) mass is 442 g/mol. The minimum atomic E-state index is -3.48. The van der Waals surface area contributed by atoms with Crippen molar-refractivity contribution >= 4 is 31.9 Å². The predicted octanol–water partition coefficient (Wildman–Crippen LogP) is 2.04. The van der Waals surface area contributed by atoms with E-state index in [-0.39, 0.29) is 16.6 Å². The summed E-state index contributed by atoms with van der Waals surface area (Å²) in [5.74, 6) is -0.0500. The zero-order chi connectivity index (χ0) is 18.6. The summed E-state index contributed by atoms with van der Waals surface area (Å²) in [4.78, 5) is 12.2. The van der Waals surface area contributed by atoms with Crippen molar-refractivity contribution in [1.82, 2.24) is 9.62 Å². The van der Waals surface area contributed by atoms with E-state index in [0.29, 0.717) is 43.9 Å². The van der Waals surface area contributed by atoms with Crippen LogP contribution in [0.4, 0.5) is 0 Å². The van der Waals surface area contributed by atoms with Gasteiger partial charge in [-0.2, -0.15) is 4.31 Å². The molecule has 0 bridgehead atoms. The number of morpholine rings is 1. The summed E-state index contributed by atoms with van der Waals surface area (Å²) in [6.45, 7) is 2.01. The fourth-order valence-electron chi connectivity index (χ4n) is 2.61. The Morgan fingerprint density at radius 3 is 2.42 bits per heavy atom. The summed E-state index contributed by atoms with van der Waals surface area (Å²) in [7, 11) is -3.48. The van der Waals surface area contributed by atoms with Crippen molar-refractivity contribution in [2.24, 2.45) is 0 Å². The van der Waals surface area contributed by atoms with Gasteiger partial charge in [-0.1, -0.05) is 12.1 Å². The number of carbonyl (C=O) groups excluding carboxylic acids is 1. The Kier molecular flexibility index (Phi) is 6.13. The number of sulfonamides is 1. The SMILES string of the molecule is O=C(NCCc1ccc(S(=O)(=O)N2CCOCC2)cc1)c1ccc(Br)o1. The van der Waals surface area contributed by atoms with E-state index in [0.717, 1.165) is 5.56 Å². The molecule has 1 aliphatic rings. The van der Waals surface area contributed by atoms with Crippen molar-refractivity contribution in [3.8, 4) is 0 Å². The highest BCUT2D eigenvalue weighted by atomic mass is 79.9. The number of nitrogens with one attached hydrogen (secondary N) is 1. The molecule has 0 aliphatic carbocycles. The number of benzene rings is 1. The van der Waals surface area contributed by atoms with E-state index in [1.807, 2.05) is 0 Å². The van der Waals surface area contributed by atoms with Crippen LogP contribution in [-0.4, -0.2) is 51.5 Å². The van der Waals surface area contributed by atoms with Crippen LogP contribution < -0.4 is 5.32 Å². The second kappa shape index (κ2) is 8.34. The number of halogens is 1. The first-order chi connectivity index (χ1) is 12.5. The van der Waals surface area contributed by atoms with Gasteiger partial charge in [0.05, 0.1) is 18.1 Å². The second-order valence-corrected chi connectivity index (χ2v) is 8.49. The zero-order valence-electron chi connectivity index (χ0n) is 14.0. The van der Waals surface area contributed by atoms with E-state index in [1.54, 1.807) is 36.4 Å². The summed E-state index contributed by atoms with van der Waals surface area (Å²) in [6, 6.07) is 9.98. The van der Waals surface area contributed by atoms with Crippen LogP contribution in [-0.2, 0) is 21.2 Å². The van der Waals surface area contributed by atoms with Gasteiger partial charge in [0.2, 0.25) is 10.0 Å². The van der Waals surface area contributed by atoms with E-state index >= 15 is 0 Å². The lowest BCUT2D eigenvalue weighted by Gasteiger charge is -2.26. The molecule has 0 saturated carbocycles. The van der Waals surface area contributed by atoms with Crippen molar-refractivity contribution in [3.05, 3.63) is 52.4 Å². The molecule has 1 fully saturated rings. The molecule has 1 saturated heterocycles. The average molecular weight is 443 g/mol. The lowest BCUT2D eigenvalue weighted by atomic mass is 10.1. The molecule has 1 aromatic heterocycles. The van der Waals surface area contributed by atoms with E-state index in [9.17, 15) is 13.2 Å². The van der Waals surface area contributed by atoms with Gasteiger partial charge in [0, 0.05) is 19.6 Å². The molecule has 2 aromatic rings. The highest BCUT2D eigenvalue weighted by molar-refractivity contribution is 9.10. The maximum Gasteiger partial charge on any atom is 0.287 e. The molecule has 0 unspecified atom stereocenters. The van der Waals surface area contributed by atoms with Gasteiger partial charge >= 0.3 is 0 Å². The topological polar surface area (TPSA) is 88.9 Å². The molecule has 1 aromatic carbocycles. The number of rotatable bonds is 6. The standard InChI is InChI=1S/C17H19BrN2O5S/c18-16-6-5-15(25-16)17(21)19-8-7-13-1-3-14(4-2-13)26(22,23)20-9-11-24-12-10-20/h1-6H,7-12H2,(H,19,21). The molecule has 7 nitrogen and oxygen atoms in total. The number of furan rings is 1. The highest BCUT2D eigenvalue weighted by Crippen LogP contribution is 2.18. The molecule has 3 rings (SSSR count). The Bertz CT molecular complexity index is 858. The third-order valence-corrected chi connectivity index (χ3v) is 6.37. The molecule has 9 heteroatoms. The van der Waals surface area contributed by atoms with Gasteiger partial charge < -0.3 is 14.5 Å². The van der Waals surface area contributed by atoms with E-state index < -0.39 is 10.0 Å². The minimum absolute atomic E-state index is 0.240. The Morgan fingerprint density at radius 1 is 1.12 bits per heavy atom. The Balaban J connectivity index is 1.55. The first-order valence-corrected chi connectivity index (χ1v) is 10.4. The normalized spacial score (nSPS) is 15.7. The molecule has 0 spiro atoms. The van der Waals surface area contributed by atoms with Gasteiger partial charge in [0.1, 0.15) is 0 Å². The fourth-order valence-corrected chi connectivity index (χ4v) is 4.32. The average Bonchev–Trinajstić information content (AvgIpc) is 3.09. The van der Waals surface area contributed by atoms with Crippen molar-refractivity contribution in [2.45, 2.75) is 11.3 Å². The molecule has 0 radical (unpaired) electrons. The maximum atomic E-state index is 12.6. The molecule has 1 amide bonds. The van der Waals surface area contributed by atoms with Crippen LogP contribution in [0.25, 0.3) is 0 Å². The number of nitrogens with zero attached hydrogens (tertiary/aromatic N) is 1. The summed E-state index contributed by atoms with van der Waals surface area (Å²) in [6.07, 6.45) is 0.589. The van der Waals surface area contributed by atoms with Crippen LogP contribution in [0.3, 0.4) is 0 Å². The predicted molar refractivity (Wildman–Crippen MR) is 98.5 cm³/mol. The van der Waals surface area contributed by atoms with Crippen molar-refractivity contribution in [1.29, 1.82) is 0 Å².